The summed E-state index contributed by atoms with van der Waals surface area (Å²) < 4.78 is 4.51. The SMILES string of the molecule is Nc1cccc(Cn2c3cc(Br)ccc3c3ccc(Br)cc32)c1. The van der Waals surface area contributed by atoms with Crippen molar-refractivity contribution in [3.63, 3.8) is 0 Å². The maximum Gasteiger partial charge on any atom is 0.0505 e. The summed E-state index contributed by atoms with van der Waals surface area (Å²) in [5.41, 5.74) is 10.4. The highest BCUT2D eigenvalue weighted by atomic mass is 79.9. The average Bonchev–Trinajstić information content (AvgIpc) is 2.80. The van der Waals surface area contributed by atoms with Crippen LogP contribution in [-0.2, 0) is 6.54 Å². The van der Waals surface area contributed by atoms with Crippen molar-refractivity contribution in [3.05, 3.63) is 75.2 Å². The molecule has 0 aliphatic heterocycles. The van der Waals surface area contributed by atoms with Gasteiger partial charge in [0.05, 0.1) is 11.0 Å². The lowest BCUT2D eigenvalue weighted by Crippen LogP contribution is -2.00. The van der Waals surface area contributed by atoms with Crippen LogP contribution in [0.1, 0.15) is 5.56 Å². The lowest BCUT2D eigenvalue weighted by molar-refractivity contribution is 0.869. The second-order valence-corrected chi connectivity index (χ2v) is 7.49. The molecule has 23 heavy (non-hydrogen) atoms. The molecule has 0 unspecified atom stereocenters. The van der Waals surface area contributed by atoms with Crippen LogP contribution in [-0.4, -0.2) is 4.57 Å². The van der Waals surface area contributed by atoms with E-state index in [-0.39, 0.29) is 0 Å². The highest BCUT2D eigenvalue weighted by Crippen LogP contribution is 2.33. The largest absolute Gasteiger partial charge is 0.399 e. The summed E-state index contributed by atoms with van der Waals surface area (Å²) in [6.45, 7) is 0.790. The molecule has 0 saturated heterocycles. The van der Waals surface area contributed by atoms with Crippen LogP contribution in [0.4, 0.5) is 5.69 Å². The Morgan fingerprint density at radius 3 is 1.96 bits per heavy atom. The molecule has 0 spiro atoms. The minimum Gasteiger partial charge on any atom is -0.399 e. The van der Waals surface area contributed by atoms with Gasteiger partial charge in [0.25, 0.3) is 0 Å². The quantitative estimate of drug-likeness (QED) is 0.392. The minimum atomic E-state index is 0.790. The lowest BCUT2D eigenvalue weighted by atomic mass is 10.2. The number of anilines is 1. The van der Waals surface area contributed by atoms with E-state index in [1.54, 1.807) is 0 Å². The normalized spacial score (nSPS) is 11.4. The Morgan fingerprint density at radius 2 is 1.39 bits per heavy atom. The zero-order valence-electron chi connectivity index (χ0n) is 12.3. The number of nitrogens with two attached hydrogens (primary N) is 1. The van der Waals surface area contributed by atoms with E-state index in [4.69, 9.17) is 5.73 Å². The molecule has 0 radical (unpaired) electrons. The van der Waals surface area contributed by atoms with E-state index >= 15 is 0 Å². The molecule has 4 rings (SSSR count). The Bertz CT molecular complexity index is 975. The van der Waals surface area contributed by atoms with E-state index in [1.165, 1.54) is 27.4 Å². The Kier molecular flexibility index (Phi) is 3.66. The highest BCUT2D eigenvalue weighted by Gasteiger charge is 2.12. The standard InChI is InChI=1S/C19H14Br2N2/c20-13-4-6-16-17-7-5-14(21)10-19(17)23(18(16)9-13)11-12-2-1-3-15(22)8-12/h1-10H,11,22H2. The van der Waals surface area contributed by atoms with Gasteiger partial charge in [-0.2, -0.15) is 0 Å². The van der Waals surface area contributed by atoms with Crippen molar-refractivity contribution in [2.45, 2.75) is 6.54 Å². The van der Waals surface area contributed by atoms with Gasteiger partial charge in [0.2, 0.25) is 0 Å². The zero-order chi connectivity index (χ0) is 16.0. The molecule has 4 aromatic rings. The number of halogens is 2. The number of rotatable bonds is 2. The molecule has 0 bridgehead atoms. The molecule has 4 heteroatoms. The second-order valence-electron chi connectivity index (χ2n) is 5.65. The summed E-state index contributed by atoms with van der Waals surface area (Å²) in [6.07, 6.45) is 0. The third-order valence-electron chi connectivity index (χ3n) is 4.08. The molecule has 0 atom stereocenters. The minimum absolute atomic E-state index is 0.790. The number of hydrogen-bond acceptors (Lipinski definition) is 1. The van der Waals surface area contributed by atoms with Gasteiger partial charge in [-0.1, -0.05) is 56.1 Å². The fraction of sp³-hybridized carbons (Fsp3) is 0.0526. The fourth-order valence-electron chi connectivity index (χ4n) is 3.09. The van der Waals surface area contributed by atoms with E-state index in [2.05, 4.69) is 78.9 Å². The molecule has 0 saturated carbocycles. The number of nitrogens with zero attached hydrogens (tertiary/aromatic N) is 1. The lowest BCUT2D eigenvalue weighted by Gasteiger charge is -2.09. The van der Waals surface area contributed by atoms with Crippen LogP contribution in [0.5, 0.6) is 0 Å². The molecule has 1 heterocycles. The van der Waals surface area contributed by atoms with Gasteiger partial charge in [-0.3, -0.25) is 0 Å². The Labute approximate surface area is 151 Å². The first-order valence-electron chi connectivity index (χ1n) is 7.33. The van der Waals surface area contributed by atoms with Crippen LogP contribution in [0.2, 0.25) is 0 Å². The number of aromatic nitrogens is 1. The van der Waals surface area contributed by atoms with Crippen LogP contribution in [0.25, 0.3) is 21.8 Å². The van der Waals surface area contributed by atoms with E-state index in [9.17, 15) is 0 Å². The predicted octanol–water partition coefficient (Wildman–Crippen LogP) is 5.95. The first kappa shape index (κ1) is 14.8. The maximum absolute atomic E-state index is 5.94. The number of hydrogen-bond donors (Lipinski definition) is 1. The van der Waals surface area contributed by atoms with Crippen molar-refractivity contribution in [1.82, 2.24) is 4.57 Å². The van der Waals surface area contributed by atoms with Gasteiger partial charge in [0, 0.05) is 32.0 Å². The molecule has 2 N–H and O–H groups in total. The van der Waals surface area contributed by atoms with Gasteiger partial charge >= 0.3 is 0 Å². The monoisotopic (exact) mass is 428 g/mol. The predicted molar refractivity (Wildman–Crippen MR) is 105 cm³/mol. The molecule has 0 fully saturated rings. The molecule has 0 aliphatic carbocycles. The van der Waals surface area contributed by atoms with Crippen LogP contribution < -0.4 is 5.73 Å². The van der Waals surface area contributed by atoms with Crippen LogP contribution in [0.3, 0.4) is 0 Å². The fourth-order valence-corrected chi connectivity index (χ4v) is 3.78. The van der Waals surface area contributed by atoms with Crippen molar-refractivity contribution in [3.8, 4) is 0 Å². The molecule has 0 aliphatic rings. The number of fused-ring (bicyclic) bond motifs is 3. The molecule has 114 valence electrons. The van der Waals surface area contributed by atoms with Gasteiger partial charge in [0.1, 0.15) is 0 Å². The van der Waals surface area contributed by atoms with E-state index in [0.29, 0.717) is 0 Å². The average molecular weight is 430 g/mol. The van der Waals surface area contributed by atoms with Gasteiger partial charge in [0.15, 0.2) is 0 Å². The molecule has 1 aromatic heterocycles. The summed E-state index contributed by atoms with van der Waals surface area (Å²) in [6, 6.07) is 21.0. The third-order valence-corrected chi connectivity index (χ3v) is 5.07. The summed E-state index contributed by atoms with van der Waals surface area (Å²) in [5.74, 6) is 0. The molecular weight excluding hydrogens is 416 g/mol. The summed E-state index contributed by atoms with van der Waals surface area (Å²) in [4.78, 5) is 0. The molecular formula is C19H14Br2N2. The highest BCUT2D eigenvalue weighted by molar-refractivity contribution is 9.10. The summed E-state index contributed by atoms with van der Waals surface area (Å²) in [5, 5.41) is 2.53. The second kappa shape index (κ2) is 5.69. The first-order valence-corrected chi connectivity index (χ1v) is 8.92. The van der Waals surface area contributed by atoms with Crippen LogP contribution in [0.15, 0.2) is 69.6 Å². The Balaban J connectivity index is 2.01. The molecule has 3 aromatic carbocycles. The van der Waals surface area contributed by atoms with Crippen LogP contribution >= 0.6 is 31.9 Å². The summed E-state index contributed by atoms with van der Waals surface area (Å²) in [7, 11) is 0. The molecule has 0 amide bonds. The topological polar surface area (TPSA) is 30.9 Å². The van der Waals surface area contributed by atoms with Gasteiger partial charge in [-0.25, -0.2) is 0 Å². The van der Waals surface area contributed by atoms with Crippen molar-refractivity contribution in [2.24, 2.45) is 0 Å². The number of benzene rings is 3. The van der Waals surface area contributed by atoms with Gasteiger partial charge < -0.3 is 10.3 Å². The van der Waals surface area contributed by atoms with E-state index < -0.39 is 0 Å². The maximum atomic E-state index is 5.94. The van der Waals surface area contributed by atoms with E-state index in [0.717, 1.165) is 21.2 Å². The van der Waals surface area contributed by atoms with Crippen LogP contribution in [0, 0.1) is 0 Å². The summed E-state index contributed by atoms with van der Waals surface area (Å²) >= 11 is 7.19. The van der Waals surface area contributed by atoms with Crippen molar-refractivity contribution in [2.75, 3.05) is 5.73 Å². The number of nitrogen functional groups attached to an aromatic ring is 1. The van der Waals surface area contributed by atoms with Crippen molar-refractivity contribution < 1.29 is 0 Å². The van der Waals surface area contributed by atoms with E-state index in [1.807, 2.05) is 18.2 Å². The smallest absolute Gasteiger partial charge is 0.0505 e. The zero-order valence-corrected chi connectivity index (χ0v) is 15.4. The third kappa shape index (κ3) is 2.66. The van der Waals surface area contributed by atoms with Gasteiger partial charge in [-0.05, 0) is 42.0 Å². The Hall–Kier alpha value is -1.78. The first-order chi connectivity index (χ1) is 11.1. The van der Waals surface area contributed by atoms with Crippen molar-refractivity contribution >= 4 is 59.4 Å². The van der Waals surface area contributed by atoms with Gasteiger partial charge in [-0.15, -0.1) is 0 Å². The Morgan fingerprint density at radius 1 is 0.783 bits per heavy atom. The van der Waals surface area contributed by atoms with Crippen molar-refractivity contribution in [1.29, 1.82) is 0 Å². The molecule has 2 nitrogen and oxygen atoms in total.